The molecule has 1 aliphatic carbocycles. The molecule has 0 heterocycles. The molecule has 1 fully saturated rings. The molecule has 0 aromatic carbocycles. The van der Waals surface area contributed by atoms with E-state index in [1.54, 1.807) is 0 Å². The van der Waals surface area contributed by atoms with Gasteiger partial charge in [0.1, 0.15) is 0 Å². The van der Waals surface area contributed by atoms with Gasteiger partial charge >= 0.3 is 0 Å². The molecule has 0 N–H and O–H groups in total. The topological polar surface area (TPSA) is 34.1 Å². The van der Waals surface area contributed by atoms with Crippen LogP contribution in [0.25, 0.3) is 0 Å². The van der Waals surface area contributed by atoms with Gasteiger partial charge in [0.05, 0.1) is 5.75 Å². The predicted octanol–water partition coefficient (Wildman–Crippen LogP) is 2.49. The Hall–Kier alpha value is -0.0200. The van der Waals surface area contributed by atoms with Gasteiger partial charge in [-0.25, -0.2) is 8.42 Å². The third-order valence-electron chi connectivity index (χ3n) is 2.20. The Balaban J connectivity index is 2.62. The van der Waals surface area contributed by atoms with E-state index in [0.717, 1.165) is 31.3 Å². The van der Waals surface area contributed by atoms with Gasteiger partial charge in [-0.05, 0) is 25.7 Å². The standard InChI is InChI=1S/C9H15ClO2S/c10-6-7-13(11,12)8-9-4-2-1-3-5-9/h8H,1-7H2. The zero-order valence-corrected chi connectivity index (χ0v) is 9.20. The highest BCUT2D eigenvalue weighted by molar-refractivity contribution is 7.94. The molecule has 0 atom stereocenters. The van der Waals surface area contributed by atoms with Crippen LogP contribution in [0.2, 0.25) is 0 Å². The van der Waals surface area contributed by atoms with Gasteiger partial charge < -0.3 is 0 Å². The van der Waals surface area contributed by atoms with Crippen LogP contribution in [0.3, 0.4) is 0 Å². The van der Waals surface area contributed by atoms with Crippen molar-refractivity contribution >= 4 is 21.4 Å². The van der Waals surface area contributed by atoms with Gasteiger partial charge in [0, 0.05) is 11.3 Å². The molecular formula is C9H15ClO2S. The maximum Gasteiger partial charge on any atom is 0.172 e. The van der Waals surface area contributed by atoms with Crippen LogP contribution in [-0.2, 0) is 9.84 Å². The van der Waals surface area contributed by atoms with E-state index in [4.69, 9.17) is 11.6 Å². The zero-order chi connectivity index (χ0) is 9.73. The summed E-state index contributed by atoms with van der Waals surface area (Å²) in [4.78, 5) is 0. The molecular weight excluding hydrogens is 208 g/mol. The minimum absolute atomic E-state index is 0.0675. The summed E-state index contributed by atoms with van der Waals surface area (Å²) in [6.07, 6.45) is 5.38. The number of sulfone groups is 1. The highest BCUT2D eigenvalue weighted by atomic mass is 35.5. The van der Waals surface area contributed by atoms with Crippen LogP contribution in [0.4, 0.5) is 0 Å². The summed E-state index contributed by atoms with van der Waals surface area (Å²) in [6, 6.07) is 0. The fourth-order valence-electron chi connectivity index (χ4n) is 1.54. The summed E-state index contributed by atoms with van der Waals surface area (Å²) in [5.74, 6) is 0.254. The van der Waals surface area contributed by atoms with Gasteiger partial charge in [-0.3, -0.25) is 0 Å². The van der Waals surface area contributed by atoms with Crippen LogP contribution < -0.4 is 0 Å². The predicted molar refractivity (Wildman–Crippen MR) is 55.7 cm³/mol. The van der Waals surface area contributed by atoms with E-state index in [9.17, 15) is 8.42 Å². The van der Waals surface area contributed by atoms with Crippen molar-refractivity contribution in [2.75, 3.05) is 11.6 Å². The molecule has 1 rings (SSSR count). The number of hydrogen-bond donors (Lipinski definition) is 0. The third kappa shape index (κ3) is 4.14. The maximum atomic E-state index is 11.3. The second-order valence-corrected chi connectivity index (χ2v) is 5.74. The lowest BCUT2D eigenvalue weighted by Crippen LogP contribution is -2.06. The maximum absolute atomic E-state index is 11.3. The summed E-state index contributed by atoms with van der Waals surface area (Å²) in [6.45, 7) is 0. The second kappa shape index (κ2) is 5.01. The van der Waals surface area contributed by atoms with Crippen LogP contribution in [0.15, 0.2) is 11.0 Å². The van der Waals surface area contributed by atoms with Crippen molar-refractivity contribution < 1.29 is 8.42 Å². The molecule has 1 saturated carbocycles. The van der Waals surface area contributed by atoms with E-state index in [1.165, 1.54) is 11.8 Å². The van der Waals surface area contributed by atoms with E-state index in [-0.39, 0.29) is 11.6 Å². The smallest absolute Gasteiger partial charge is 0.172 e. The highest BCUT2D eigenvalue weighted by Crippen LogP contribution is 2.23. The molecule has 76 valence electrons. The van der Waals surface area contributed by atoms with Gasteiger partial charge in [0.2, 0.25) is 0 Å². The lowest BCUT2D eigenvalue weighted by atomic mass is 9.96. The fraction of sp³-hybridized carbons (Fsp3) is 0.778. The summed E-state index contributed by atoms with van der Waals surface area (Å²) < 4.78 is 22.7. The van der Waals surface area contributed by atoms with Crippen LogP contribution in [0.1, 0.15) is 32.1 Å². The molecule has 0 amide bonds. The van der Waals surface area contributed by atoms with Gasteiger partial charge in [-0.15, -0.1) is 11.6 Å². The average molecular weight is 223 g/mol. The third-order valence-corrected chi connectivity index (χ3v) is 4.08. The molecule has 13 heavy (non-hydrogen) atoms. The van der Waals surface area contributed by atoms with Crippen LogP contribution in [-0.4, -0.2) is 20.1 Å². The van der Waals surface area contributed by atoms with Crippen molar-refractivity contribution in [2.45, 2.75) is 32.1 Å². The molecule has 0 radical (unpaired) electrons. The molecule has 0 spiro atoms. The van der Waals surface area contributed by atoms with E-state index in [2.05, 4.69) is 0 Å². The lowest BCUT2D eigenvalue weighted by Gasteiger charge is -2.12. The monoisotopic (exact) mass is 222 g/mol. The number of hydrogen-bond acceptors (Lipinski definition) is 2. The van der Waals surface area contributed by atoms with Crippen molar-refractivity contribution in [3.8, 4) is 0 Å². The van der Waals surface area contributed by atoms with E-state index in [1.807, 2.05) is 0 Å². The molecule has 1 aliphatic rings. The Morgan fingerprint density at radius 3 is 2.38 bits per heavy atom. The largest absolute Gasteiger partial charge is 0.224 e. The van der Waals surface area contributed by atoms with Crippen molar-refractivity contribution in [1.82, 2.24) is 0 Å². The van der Waals surface area contributed by atoms with Crippen molar-refractivity contribution in [2.24, 2.45) is 0 Å². The summed E-state index contributed by atoms with van der Waals surface area (Å²) in [7, 11) is -3.03. The lowest BCUT2D eigenvalue weighted by molar-refractivity contribution is 0.591. The first-order chi connectivity index (χ1) is 6.14. The molecule has 2 nitrogen and oxygen atoms in total. The van der Waals surface area contributed by atoms with Crippen LogP contribution in [0.5, 0.6) is 0 Å². The minimum Gasteiger partial charge on any atom is -0.224 e. The molecule has 0 unspecified atom stereocenters. The molecule has 0 saturated heterocycles. The SMILES string of the molecule is O=S(=O)(C=C1CCCCC1)CCCl. The summed E-state index contributed by atoms with van der Waals surface area (Å²) in [5, 5.41) is 1.44. The van der Waals surface area contributed by atoms with E-state index >= 15 is 0 Å². The quantitative estimate of drug-likeness (QED) is 0.688. The number of halogens is 1. The molecule has 0 aromatic rings. The normalized spacial score (nSPS) is 18.7. The molecule has 0 aliphatic heterocycles. The fourth-order valence-corrected chi connectivity index (χ4v) is 3.27. The Morgan fingerprint density at radius 2 is 1.85 bits per heavy atom. The van der Waals surface area contributed by atoms with Crippen LogP contribution in [0, 0.1) is 0 Å². The molecule has 0 bridgehead atoms. The Morgan fingerprint density at radius 1 is 1.23 bits per heavy atom. The molecule has 0 aromatic heterocycles. The summed E-state index contributed by atoms with van der Waals surface area (Å²) in [5.41, 5.74) is 1.08. The van der Waals surface area contributed by atoms with Crippen LogP contribution >= 0.6 is 11.6 Å². The second-order valence-electron chi connectivity index (χ2n) is 3.39. The van der Waals surface area contributed by atoms with E-state index in [0.29, 0.717) is 0 Å². The minimum atomic E-state index is -3.03. The number of rotatable bonds is 3. The van der Waals surface area contributed by atoms with Gasteiger partial charge in [0.15, 0.2) is 9.84 Å². The summed E-state index contributed by atoms with van der Waals surface area (Å²) >= 11 is 5.40. The Bertz CT molecular complexity index is 272. The first-order valence-corrected chi connectivity index (χ1v) is 6.87. The highest BCUT2D eigenvalue weighted by Gasteiger charge is 2.11. The van der Waals surface area contributed by atoms with Crippen molar-refractivity contribution in [3.05, 3.63) is 11.0 Å². The first kappa shape index (κ1) is 11.1. The Kier molecular flexibility index (Phi) is 4.26. The van der Waals surface area contributed by atoms with Crippen molar-refractivity contribution in [3.63, 3.8) is 0 Å². The number of allylic oxidation sites excluding steroid dienone is 1. The first-order valence-electron chi connectivity index (χ1n) is 4.62. The van der Waals surface area contributed by atoms with Crippen molar-refractivity contribution in [1.29, 1.82) is 0 Å². The molecule has 4 heteroatoms. The van der Waals surface area contributed by atoms with Gasteiger partial charge in [0.25, 0.3) is 0 Å². The van der Waals surface area contributed by atoms with Gasteiger partial charge in [-0.1, -0.05) is 12.0 Å². The van der Waals surface area contributed by atoms with Gasteiger partial charge in [-0.2, -0.15) is 0 Å². The van der Waals surface area contributed by atoms with E-state index < -0.39 is 9.84 Å². The number of alkyl halides is 1. The Labute approximate surface area is 84.9 Å². The zero-order valence-electron chi connectivity index (χ0n) is 7.63. The average Bonchev–Trinajstić information content (AvgIpc) is 2.04.